The Morgan fingerprint density at radius 1 is 1.33 bits per heavy atom. The van der Waals surface area contributed by atoms with Gasteiger partial charge in [-0.25, -0.2) is 9.59 Å². The molecule has 0 aromatic carbocycles. The van der Waals surface area contributed by atoms with Crippen molar-refractivity contribution >= 4 is 23.8 Å². The molecule has 2 amide bonds. The first-order valence-corrected chi connectivity index (χ1v) is 8.70. The molecule has 2 unspecified atom stereocenters. The van der Waals surface area contributed by atoms with Crippen LogP contribution in [0.2, 0.25) is 0 Å². The molecule has 0 bridgehead atoms. The number of carboxylic acids is 1. The second kappa shape index (κ2) is 7.35. The predicted molar refractivity (Wildman–Crippen MR) is 83.4 cm³/mol. The fourth-order valence-corrected chi connectivity index (χ4v) is 4.14. The minimum absolute atomic E-state index is 0.0759. The molecule has 2 saturated heterocycles. The molecule has 2 N–H and O–H groups in total. The number of hydrogen-bond donors (Lipinski definition) is 2. The van der Waals surface area contributed by atoms with Gasteiger partial charge in [-0.15, -0.1) is 11.8 Å². The second-order valence-electron chi connectivity index (χ2n) is 5.76. The summed E-state index contributed by atoms with van der Waals surface area (Å²) >= 11 is 1.51. The quantitative estimate of drug-likeness (QED) is 0.817. The van der Waals surface area contributed by atoms with Gasteiger partial charge in [0.1, 0.15) is 6.04 Å². The zero-order chi connectivity index (χ0) is 15.4. The fourth-order valence-electron chi connectivity index (χ4n) is 2.97. The Morgan fingerprint density at radius 2 is 2.00 bits per heavy atom. The standard InChI is InChI=1S/C14H25N3O3S/c1-3-16-6-4-11(5-7-16)8-15-14(20)17-10(2)21-9-12(17)13(18)19/h10-12H,3-9H2,1-2H3,(H,15,20)(H,18,19). The first-order valence-electron chi connectivity index (χ1n) is 7.65. The highest BCUT2D eigenvalue weighted by Gasteiger charge is 2.39. The van der Waals surface area contributed by atoms with Crippen LogP contribution >= 0.6 is 11.8 Å². The fraction of sp³-hybridized carbons (Fsp3) is 0.857. The maximum absolute atomic E-state index is 12.3. The van der Waals surface area contributed by atoms with Crippen molar-refractivity contribution in [2.24, 2.45) is 5.92 Å². The Labute approximate surface area is 130 Å². The van der Waals surface area contributed by atoms with Gasteiger partial charge in [0.2, 0.25) is 0 Å². The Balaban J connectivity index is 1.80. The van der Waals surface area contributed by atoms with Crippen LogP contribution in [0.5, 0.6) is 0 Å². The Kier molecular flexibility index (Phi) is 5.75. The van der Waals surface area contributed by atoms with Crippen molar-refractivity contribution in [1.29, 1.82) is 0 Å². The molecule has 2 aliphatic heterocycles. The summed E-state index contributed by atoms with van der Waals surface area (Å²) < 4.78 is 0. The third kappa shape index (κ3) is 4.03. The molecule has 7 heteroatoms. The van der Waals surface area contributed by atoms with Gasteiger partial charge in [-0.2, -0.15) is 0 Å². The van der Waals surface area contributed by atoms with Crippen LogP contribution in [0.4, 0.5) is 4.79 Å². The van der Waals surface area contributed by atoms with Gasteiger partial charge >= 0.3 is 12.0 Å². The number of rotatable bonds is 4. The number of aliphatic carboxylic acids is 1. The molecule has 0 spiro atoms. The number of thioether (sulfide) groups is 1. The minimum Gasteiger partial charge on any atom is -0.480 e. The van der Waals surface area contributed by atoms with E-state index >= 15 is 0 Å². The summed E-state index contributed by atoms with van der Waals surface area (Å²) in [6.45, 7) is 7.96. The number of urea groups is 1. The molecule has 0 radical (unpaired) electrons. The smallest absolute Gasteiger partial charge is 0.327 e. The van der Waals surface area contributed by atoms with Crippen molar-refractivity contribution in [1.82, 2.24) is 15.1 Å². The predicted octanol–water partition coefficient (Wildman–Crippen LogP) is 1.28. The maximum atomic E-state index is 12.3. The molecule has 6 nitrogen and oxygen atoms in total. The van der Waals surface area contributed by atoms with Gasteiger partial charge in [-0.05, 0) is 45.3 Å². The van der Waals surface area contributed by atoms with Gasteiger partial charge in [-0.1, -0.05) is 6.92 Å². The Hall–Kier alpha value is -0.950. The van der Waals surface area contributed by atoms with Crippen molar-refractivity contribution in [2.45, 2.75) is 38.1 Å². The molecule has 2 fully saturated rings. The van der Waals surface area contributed by atoms with E-state index in [1.54, 1.807) is 0 Å². The van der Waals surface area contributed by atoms with E-state index in [0.29, 0.717) is 18.2 Å². The lowest BCUT2D eigenvalue weighted by Crippen LogP contribution is -2.50. The van der Waals surface area contributed by atoms with E-state index in [2.05, 4.69) is 17.1 Å². The van der Waals surface area contributed by atoms with Crippen molar-refractivity contribution < 1.29 is 14.7 Å². The molecule has 21 heavy (non-hydrogen) atoms. The summed E-state index contributed by atoms with van der Waals surface area (Å²) in [5, 5.41) is 12.0. The number of carbonyl (C=O) groups excluding carboxylic acids is 1. The highest BCUT2D eigenvalue weighted by Crippen LogP contribution is 2.28. The molecule has 0 aliphatic carbocycles. The molecule has 2 heterocycles. The van der Waals surface area contributed by atoms with Crippen molar-refractivity contribution in [2.75, 3.05) is 31.9 Å². The number of carbonyl (C=O) groups is 2. The average Bonchev–Trinajstić information content (AvgIpc) is 2.87. The molecule has 0 aromatic heterocycles. The van der Waals surface area contributed by atoms with Crippen LogP contribution in [0.25, 0.3) is 0 Å². The number of carboxylic acid groups (broad SMARTS) is 1. The van der Waals surface area contributed by atoms with E-state index in [1.165, 1.54) is 16.7 Å². The minimum atomic E-state index is -0.918. The van der Waals surface area contributed by atoms with Crippen LogP contribution in [0.15, 0.2) is 0 Å². The average molecular weight is 315 g/mol. The van der Waals surface area contributed by atoms with Gasteiger partial charge in [0.15, 0.2) is 0 Å². The van der Waals surface area contributed by atoms with Crippen LogP contribution in [0, 0.1) is 5.92 Å². The highest BCUT2D eigenvalue weighted by molar-refractivity contribution is 8.00. The van der Waals surface area contributed by atoms with E-state index in [-0.39, 0.29) is 11.4 Å². The lowest BCUT2D eigenvalue weighted by molar-refractivity contribution is -0.141. The lowest BCUT2D eigenvalue weighted by atomic mass is 9.97. The number of nitrogens with zero attached hydrogens (tertiary/aromatic N) is 2. The monoisotopic (exact) mass is 315 g/mol. The summed E-state index contributed by atoms with van der Waals surface area (Å²) in [4.78, 5) is 27.3. The lowest BCUT2D eigenvalue weighted by Gasteiger charge is -2.32. The summed E-state index contributed by atoms with van der Waals surface area (Å²) in [6.07, 6.45) is 2.20. The highest BCUT2D eigenvalue weighted by atomic mass is 32.2. The van der Waals surface area contributed by atoms with Crippen LogP contribution in [0.1, 0.15) is 26.7 Å². The number of likely N-dealkylation sites (tertiary alicyclic amines) is 1. The second-order valence-corrected chi connectivity index (χ2v) is 7.11. The summed E-state index contributed by atoms with van der Waals surface area (Å²) in [6, 6.07) is -0.940. The van der Waals surface area contributed by atoms with E-state index < -0.39 is 12.0 Å². The van der Waals surface area contributed by atoms with Crippen molar-refractivity contribution in [3.05, 3.63) is 0 Å². The molecule has 0 saturated carbocycles. The molecule has 2 aliphatic rings. The zero-order valence-corrected chi connectivity index (χ0v) is 13.6. The third-order valence-electron chi connectivity index (χ3n) is 4.44. The van der Waals surface area contributed by atoms with E-state index in [1.807, 2.05) is 6.92 Å². The summed E-state index contributed by atoms with van der Waals surface area (Å²) in [7, 11) is 0. The molecule has 0 aromatic rings. The molecule has 2 atom stereocenters. The number of amides is 2. The first kappa shape index (κ1) is 16.4. The first-order chi connectivity index (χ1) is 10.0. The van der Waals surface area contributed by atoms with Crippen LogP contribution in [-0.2, 0) is 4.79 Å². The molecular formula is C14H25N3O3S. The van der Waals surface area contributed by atoms with Gasteiger partial charge in [0, 0.05) is 12.3 Å². The molecule has 2 rings (SSSR count). The van der Waals surface area contributed by atoms with E-state index in [9.17, 15) is 14.7 Å². The van der Waals surface area contributed by atoms with Gasteiger partial charge in [0.25, 0.3) is 0 Å². The van der Waals surface area contributed by atoms with Crippen molar-refractivity contribution in [3.63, 3.8) is 0 Å². The van der Waals surface area contributed by atoms with Crippen LogP contribution in [-0.4, -0.2) is 70.3 Å². The normalized spacial score (nSPS) is 27.8. The largest absolute Gasteiger partial charge is 0.480 e. The number of nitrogens with one attached hydrogen (secondary N) is 1. The molecular weight excluding hydrogens is 290 g/mol. The van der Waals surface area contributed by atoms with Crippen molar-refractivity contribution in [3.8, 4) is 0 Å². The molecule has 120 valence electrons. The van der Waals surface area contributed by atoms with Crippen LogP contribution in [0.3, 0.4) is 0 Å². The van der Waals surface area contributed by atoms with E-state index in [0.717, 1.165) is 32.5 Å². The Morgan fingerprint density at radius 3 is 2.57 bits per heavy atom. The maximum Gasteiger partial charge on any atom is 0.327 e. The van der Waals surface area contributed by atoms with Gasteiger partial charge in [-0.3, -0.25) is 4.90 Å². The summed E-state index contributed by atoms with van der Waals surface area (Å²) in [5.41, 5.74) is 0. The number of hydrogen-bond acceptors (Lipinski definition) is 4. The zero-order valence-electron chi connectivity index (χ0n) is 12.7. The third-order valence-corrected chi connectivity index (χ3v) is 5.66. The van der Waals surface area contributed by atoms with Crippen LogP contribution < -0.4 is 5.32 Å². The van der Waals surface area contributed by atoms with Gasteiger partial charge in [0.05, 0.1) is 5.37 Å². The van der Waals surface area contributed by atoms with E-state index in [4.69, 9.17) is 0 Å². The topological polar surface area (TPSA) is 72.9 Å². The van der Waals surface area contributed by atoms with Gasteiger partial charge < -0.3 is 15.3 Å². The Bertz CT molecular complexity index is 386. The SMILES string of the molecule is CCN1CCC(CNC(=O)N2C(C)SCC2C(=O)O)CC1. The number of piperidine rings is 1. The summed E-state index contributed by atoms with van der Waals surface area (Å²) in [5.74, 6) is 0.0579.